The first-order chi connectivity index (χ1) is 28.1. The molecule has 5 aliphatic rings. The van der Waals surface area contributed by atoms with Crippen LogP contribution in [0.3, 0.4) is 0 Å². The van der Waals surface area contributed by atoms with Gasteiger partial charge in [0.05, 0.1) is 11.4 Å². The zero-order valence-corrected chi connectivity index (χ0v) is 33.3. The van der Waals surface area contributed by atoms with Crippen molar-refractivity contribution in [2.45, 2.75) is 58.3 Å². The molecule has 1 aliphatic carbocycles. The maximum atomic E-state index is 6.71. The number of hydrogen-bond donors (Lipinski definition) is 1. The van der Waals surface area contributed by atoms with Crippen LogP contribution < -0.4 is 40.2 Å². The Kier molecular flexibility index (Phi) is 6.78. The van der Waals surface area contributed by atoms with Crippen LogP contribution >= 0.6 is 0 Å². The van der Waals surface area contributed by atoms with E-state index in [9.17, 15) is 0 Å². The van der Waals surface area contributed by atoms with Crippen LogP contribution in [0.2, 0.25) is 0 Å². The van der Waals surface area contributed by atoms with Crippen LogP contribution in [-0.2, 0) is 10.8 Å². The molecule has 282 valence electrons. The van der Waals surface area contributed by atoms with Crippen molar-refractivity contribution < 1.29 is 14.2 Å². The third-order valence-electron chi connectivity index (χ3n) is 13.2. The zero-order valence-electron chi connectivity index (χ0n) is 33.3. The Labute approximate surface area is 339 Å². The smallest absolute Gasteiger partial charge is 0.333 e. The molecule has 0 unspecified atom stereocenters. The lowest BCUT2D eigenvalue weighted by Crippen LogP contribution is -2.62. The van der Waals surface area contributed by atoms with Gasteiger partial charge in [0.15, 0.2) is 28.7 Å². The molecule has 0 bridgehead atoms. The highest BCUT2D eigenvalue weighted by molar-refractivity contribution is 6.94. The number of nitrogens with zero attached hydrogens (tertiary/aromatic N) is 2. The molecule has 0 radical (unpaired) electrons. The summed E-state index contributed by atoms with van der Waals surface area (Å²) in [5, 5.41) is 3.80. The molecule has 1 N–H and O–H groups in total. The van der Waals surface area contributed by atoms with E-state index in [0.717, 1.165) is 69.5 Å². The van der Waals surface area contributed by atoms with Crippen LogP contribution in [0.15, 0.2) is 133 Å². The molecule has 12 rings (SSSR count). The standard InChI is InChI=1S/C51H42BN3O3/c1-30-24-35-36(51(4,5)23-22-50(35,2)3)27-39(30)54-40-29-47-46(57-43-19-11-12-20-44(43)58-47)28-37(40)52-48-34(25-32(26-41(48)54)53-31-14-7-6-8-15-31)33-16-13-21-45-49(33)55(52)38-17-9-10-18-42(38)56-45/h6-21,24-29,53H,22-23H2,1-5H3. The summed E-state index contributed by atoms with van der Waals surface area (Å²) >= 11 is 0. The number of aryl methyl sites for hydroxylation is 1. The number of fused-ring (bicyclic) bond motifs is 9. The fraction of sp³-hybridized carbons (Fsp3) is 0.176. The van der Waals surface area contributed by atoms with E-state index in [1.54, 1.807) is 0 Å². The molecule has 7 heteroatoms. The summed E-state index contributed by atoms with van der Waals surface area (Å²) < 4.78 is 20.1. The average molecular weight is 756 g/mol. The van der Waals surface area contributed by atoms with E-state index < -0.39 is 0 Å². The number of hydrogen-bond acceptors (Lipinski definition) is 6. The molecule has 0 atom stereocenters. The maximum Gasteiger partial charge on any atom is 0.333 e. The molecule has 4 heterocycles. The summed E-state index contributed by atoms with van der Waals surface area (Å²) in [5.41, 5.74) is 16.4. The molecule has 0 fully saturated rings. The van der Waals surface area contributed by atoms with Gasteiger partial charge in [0.25, 0.3) is 0 Å². The maximum absolute atomic E-state index is 6.71. The van der Waals surface area contributed by atoms with Gasteiger partial charge in [-0.2, -0.15) is 0 Å². The summed E-state index contributed by atoms with van der Waals surface area (Å²) in [5.74, 6) is 4.50. The van der Waals surface area contributed by atoms with Crippen molar-refractivity contribution in [1.82, 2.24) is 0 Å². The van der Waals surface area contributed by atoms with E-state index in [-0.39, 0.29) is 17.7 Å². The monoisotopic (exact) mass is 755 g/mol. The first kappa shape index (κ1) is 33.5. The first-order valence-electron chi connectivity index (χ1n) is 20.4. The van der Waals surface area contributed by atoms with Gasteiger partial charge in [0.1, 0.15) is 5.75 Å². The van der Waals surface area contributed by atoms with Gasteiger partial charge >= 0.3 is 6.85 Å². The number of ether oxygens (including phenoxy) is 3. The van der Waals surface area contributed by atoms with E-state index in [0.29, 0.717) is 23.0 Å². The molecular weight excluding hydrogens is 713 g/mol. The Hall–Kier alpha value is -6.60. The molecule has 0 saturated carbocycles. The first-order valence-corrected chi connectivity index (χ1v) is 20.4. The van der Waals surface area contributed by atoms with Crippen molar-refractivity contribution in [1.29, 1.82) is 0 Å². The summed E-state index contributed by atoms with van der Waals surface area (Å²) in [4.78, 5) is 5.02. The molecule has 7 aromatic carbocycles. The Morgan fingerprint density at radius 3 is 1.91 bits per heavy atom. The predicted octanol–water partition coefficient (Wildman–Crippen LogP) is 12.8. The lowest BCUT2D eigenvalue weighted by Gasteiger charge is -2.48. The molecule has 4 aliphatic heterocycles. The Balaban J connectivity index is 1.19. The third kappa shape index (κ3) is 4.73. The second-order valence-corrected chi connectivity index (χ2v) is 17.7. The van der Waals surface area contributed by atoms with Crippen LogP contribution in [0.1, 0.15) is 57.2 Å². The van der Waals surface area contributed by atoms with Gasteiger partial charge in [-0.3, -0.25) is 0 Å². The molecule has 0 saturated heterocycles. The lowest BCUT2D eigenvalue weighted by molar-refractivity contribution is 0.332. The summed E-state index contributed by atoms with van der Waals surface area (Å²) in [6.07, 6.45) is 2.29. The van der Waals surface area contributed by atoms with Crippen LogP contribution in [-0.4, -0.2) is 6.85 Å². The quantitative estimate of drug-likeness (QED) is 0.181. The van der Waals surface area contributed by atoms with E-state index >= 15 is 0 Å². The van der Waals surface area contributed by atoms with Gasteiger partial charge in [0, 0.05) is 40.1 Å². The lowest BCUT2D eigenvalue weighted by atomic mass is 9.43. The van der Waals surface area contributed by atoms with E-state index in [4.69, 9.17) is 14.2 Å². The third-order valence-corrected chi connectivity index (χ3v) is 13.2. The zero-order chi connectivity index (χ0) is 39.1. The highest BCUT2D eigenvalue weighted by Gasteiger charge is 2.49. The molecule has 0 aromatic heterocycles. The minimum Gasteiger partial charge on any atom is -0.453 e. The van der Waals surface area contributed by atoms with Crippen LogP contribution in [0.4, 0.5) is 39.8 Å². The number of benzene rings is 7. The van der Waals surface area contributed by atoms with Crippen molar-refractivity contribution in [3.05, 3.63) is 150 Å². The topological polar surface area (TPSA) is 46.2 Å². The van der Waals surface area contributed by atoms with Gasteiger partial charge in [-0.25, -0.2) is 0 Å². The van der Waals surface area contributed by atoms with Crippen molar-refractivity contribution in [3.63, 3.8) is 0 Å². The minimum atomic E-state index is -0.208. The van der Waals surface area contributed by atoms with E-state index in [2.05, 4.69) is 159 Å². The van der Waals surface area contributed by atoms with Crippen LogP contribution in [0.25, 0.3) is 11.1 Å². The molecule has 6 nitrogen and oxygen atoms in total. The minimum absolute atomic E-state index is 0.0218. The molecule has 58 heavy (non-hydrogen) atoms. The molecular formula is C51H42BN3O3. The van der Waals surface area contributed by atoms with Crippen molar-refractivity contribution >= 4 is 57.6 Å². The number of rotatable bonds is 3. The fourth-order valence-electron chi connectivity index (χ4n) is 10.2. The molecule has 7 aromatic rings. The second kappa shape index (κ2) is 11.7. The number of anilines is 7. The normalized spacial score (nSPS) is 16.5. The second-order valence-electron chi connectivity index (χ2n) is 17.7. The van der Waals surface area contributed by atoms with Crippen LogP contribution in [0, 0.1) is 6.92 Å². The Morgan fingerprint density at radius 1 is 0.517 bits per heavy atom. The van der Waals surface area contributed by atoms with Crippen molar-refractivity contribution in [2.24, 2.45) is 0 Å². The van der Waals surface area contributed by atoms with E-state index in [1.165, 1.54) is 33.4 Å². The van der Waals surface area contributed by atoms with Crippen molar-refractivity contribution in [3.8, 4) is 45.6 Å². The SMILES string of the molecule is Cc1cc2c(cc1N1c3cc4c(cc3B3c5c(cc(Nc6ccccc6)cc51)-c1cccc5c1N3c1ccccc1O5)Oc1ccccc1O4)C(C)(C)CCC2(C)C. The Bertz CT molecular complexity index is 2900. The highest BCUT2D eigenvalue weighted by atomic mass is 16.6. The van der Waals surface area contributed by atoms with Gasteiger partial charge in [-0.1, -0.05) is 88.4 Å². The Morgan fingerprint density at radius 2 is 1.16 bits per heavy atom. The number of nitrogens with one attached hydrogen (secondary N) is 1. The summed E-state index contributed by atoms with van der Waals surface area (Å²) in [6, 6.07) is 47.3. The van der Waals surface area contributed by atoms with Gasteiger partial charge in [-0.05, 0) is 131 Å². The summed E-state index contributed by atoms with van der Waals surface area (Å²) in [7, 11) is 0. The van der Waals surface area contributed by atoms with Gasteiger partial charge in [-0.15, -0.1) is 0 Å². The van der Waals surface area contributed by atoms with Crippen molar-refractivity contribution in [2.75, 3.05) is 15.0 Å². The fourth-order valence-corrected chi connectivity index (χ4v) is 10.2. The van der Waals surface area contributed by atoms with Gasteiger partial charge in [0.2, 0.25) is 0 Å². The predicted molar refractivity (Wildman–Crippen MR) is 237 cm³/mol. The largest absolute Gasteiger partial charge is 0.453 e. The summed E-state index contributed by atoms with van der Waals surface area (Å²) in [6.45, 7) is 11.7. The molecule has 0 spiro atoms. The molecule has 0 amide bonds. The van der Waals surface area contributed by atoms with Gasteiger partial charge < -0.3 is 29.2 Å². The van der Waals surface area contributed by atoms with E-state index in [1.807, 2.05) is 24.3 Å². The highest BCUT2D eigenvalue weighted by Crippen LogP contribution is 2.58. The average Bonchev–Trinajstić information content (AvgIpc) is 3.22. The van der Waals surface area contributed by atoms with Crippen LogP contribution in [0.5, 0.6) is 34.5 Å². The number of para-hydroxylation sites is 6.